The summed E-state index contributed by atoms with van der Waals surface area (Å²) in [7, 11) is 0. The van der Waals surface area contributed by atoms with Gasteiger partial charge in [0.1, 0.15) is 0 Å². The quantitative estimate of drug-likeness (QED) is 0.478. The number of fused-ring (bicyclic) bond motifs is 1. The smallest absolute Gasteiger partial charge is 0.0168 e. The molecule has 0 N–H and O–H groups in total. The molecule has 1 fully saturated rings. The average Bonchev–Trinajstić information content (AvgIpc) is 2.17. The fraction of sp³-hybridized carbons (Fsp3) is 0.600. The minimum Gasteiger partial charge on any atom is -0.0809 e. The second-order valence-electron chi connectivity index (χ2n) is 4.04. The van der Waals surface area contributed by atoms with Gasteiger partial charge in [-0.15, -0.1) is 0 Å². The van der Waals surface area contributed by atoms with E-state index in [9.17, 15) is 0 Å². The molecule has 0 heterocycles. The fourth-order valence-corrected chi connectivity index (χ4v) is 2.05. The third-order valence-electron chi connectivity index (χ3n) is 3.22. The Hall–Kier alpha value is -0.520. The molecule has 1 saturated carbocycles. The van der Waals surface area contributed by atoms with Gasteiger partial charge in [0.2, 0.25) is 0 Å². The van der Waals surface area contributed by atoms with E-state index < -0.39 is 0 Å². The summed E-state index contributed by atoms with van der Waals surface area (Å²) in [5.74, 6) is 1.68. The Morgan fingerprint density at radius 2 is 1.60 bits per heavy atom. The van der Waals surface area contributed by atoms with Gasteiger partial charge in [0.25, 0.3) is 0 Å². The van der Waals surface area contributed by atoms with Crippen molar-refractivity contribution in [1.82, 2.24) is 0 Å². The summed E-state index contributed by atoms with van der Waals surface area (Å²) in [4.78, 5) is 0. The number of hydrogen-bond acceptors (Lipinski definition) is 0. The molecule has 0 nitrogen and oxygen atoms in total. The van der Waals surface area contributed by atoms with E-state index in [1.54, 1.807) is 0 Å². The zero-order valence-electron chi connectivity index (χ0n) is 6.67. The van der Waals surface area contributed by atoms with Crippen LogP contribution >= 0.6 is 0 Å². The molecule has 0 aromatic rings. The number of allylic oxidation sites excluding steroid dienone is 4. The Kier molecular flexibility index (Phi) is 1.08. The van der Waals surface area contributed by atoms with Crippen LogP contribution in [-0.4, -0.2) is 0 Å². The maximum atomic E-state index is 2.37. The summed E-state index contributed by atoms with van der Waals surface area (Å²) in [5.41, 5.74) is 0.545. The van der Waals surface area contributed by atoms with Crippen LogP contribution in [0.15, 0.2) is 24.3 Å². The van der Waals surface area contributed by atoms with Crippen LogP contribution in [-0.2, 0) is 0 Å². The molecule has 0 amide bonds. The molecular weight excluding hydrogens is 120 g/mol. The van der Waals surface area contributed by atoms with E-state index >= 15 is 0 Å². The Labute approximate surface area is 62.6 Å². The predicted molar refractivity (Wildman–Crippen MR) is 43.7 cm³/mol. The largest absolute Gasteiger partial charge is 0.0809 e. The molecule has 54 valence electrons. The van der Waals surface area contributed by atoms with Gasteiger partial charge in [0.05, 0.1) is 0 Å². The van der Waals surface area contributed by atoms with Crippen molar-refractivity contribution < 1.29 is 0 Å². The molecule has 0 aromatic carbocycles. The lowest BCUT2D eigenvalue weighted by Gasteiger charge is -2.49. The Morgan fingerprint density at radius 1 is 1.10 bits per heavy atom. The molecule has 3 rings (SSSR count). The topological polar surface area (TPSA) is 0 Å². The number of rotatable bonds is 0. The highest BCUT2D eigenvalue weighted by atomic mass is 14.5. The Balaban J connectivity index is 2.31. The first-order valence-corrected chi connectivity index (χ1v) is 4.06. The van der Waals surface area contributed by atoms with Crippen molar-refractivity contribution in [2.45, 2.75) is 20.3 Å². The molecule has 0 heteroatoms. The van der Waals surface area contributed by atoms with E-state index in [2.05, 4.69) is 38.2 Å². The van der Waals surface area contributed by atoms with Crippen LogP contribution in [0.25, 0.3) is 0 Å². The van der Waals surface area contributed by atoms with Crippen molar-refractivity contribution in [3.8, 4) is 0 Å². The zero-order valence-corrected chi connectivity index (χ0v) is 6.67. The van der Waals surface area contributed by atoms with E-state index in [0.717, 1.165) is 11.8 Å². The van der Waals surface area contributed by atoms with Crippen molar-refractivity contribution in [3.63, 3.8) is 0 Å². The number of hydrogen-bond donors (Lipinski definition) is 0. The van der Waals surface area contributed by atoms with Crippen molar-refractivity contribution in [2.75, 3.05) is 0 Å². The summed E-state index contributed by atoms with van der Waals surface area (Å²) in [6.07, 6.45) is 10.5. The van der Waals surface area contributed by atoms with Crippen LogP contribution in [0, 0.1) is 17.3 Å². The van der Waals surface area contributed by atoms with E-state index in [0.29, 0.717) is 5.41 Å². The highest BCUT2D eigenvalue weighted by molar-refractivity contribution is 5.21. The second-order valence-corrected chi connectivity index (χ2v) is 4.04. The van der Waals surface area contributed by atoms with Crippen molar-refractivity contribution in [2.24, 2.45) is 17.3 Å². The monoisotopic (exact) mass is 134 g/mol. The lowest BCUT2D eigenvalue weighted by Crippen LogP contribution is -2.41. The summed E-state index contributed by atoms with van der Waals surface area (Å²) in [6.45, 7) is 4.73. The summed E-state index contributed by atoms with van der Waals surface area (Å²) >= 11 is 0. The normalized spacial score (nSPS) is 40.6. The van der Waals surface area contributed by atoms with Gasteiger partial charge in [0, 0.05) is 0 Å². The van der Waals surface area contributed by atoms with Gasteiger partial charge in [-0.1, -0.05) is 38.2 Å². The first-order valence-electron chi connectivity index (χ1n) is 4.06. The molecular formula is C10H14. The summed E-state index contributed by atoms with van der Waals surface area (Å²) < 4.78 is 0. The predicted octanol–water partition coefficient (Wildman–Crippen LogP) is 2.77. The van der Waals surface area contributed by atoms with Gasteiger partial charge < -0.3 is 0 Å². The molecule has 3 aliphatic rings. The Bertz CT molecular complexity index is 176. The van der Waals surface area contributed by atoms with Gasteiger partial charge >= 0.3 is 0 Å². The van der Waals surface area contributed by atoms with Crippen LogP contribution in [0.1, 0.15) is 20.3 Å². The van der Waals surface area contributed by atoms with Gasteiger partial charge in [-0.25, -0.2) is 0 Å². The van der Waals surface area contributed by atoms with Crippen LogP contribution in [0.5, 0.6) is 0 Å². The molecule has 0 saturated heterocycles. The zero-order chi connectivity index (χ0) is 7.19. The molecule has 2 atom stereocenters. The third kappa shape index (κ3) is 0.622. The van der Waals surface area contributed by atoms with Crippen LogP contribution < -0.4 is 0 Å². The lowest BCUT2D eigenvalue weighted by molar-refractivity contribution is 0.0489. The average molecular weight is 134 g/mol. The first-order chi connectivity index (χ1) is 4.71. The molecule has 0 unspecified atom stereocenters. The van der Waals surface area contributed by atoms with Gasteiger partial charge in [0.15, 0.2) is 0 Å². The molecule has 0 radical (unpaired) electrons. The van der Waals surface area contributed by atoms with Crippen LogP contribution in [0.3, 0.4) is 0 Å². The lowest BCUT2D eigenvalue weighted by atomic mass is 9.55. The van der Waals surface area contributed by atoms with E-state index in [-0.39, 0.29) is 0 Å². The van der Waals surface area contributed by atoms with E-state index in [1.807, 2.05) is 0 Å². The summed E-state index contributed by atoms with van der Waals surface area (Å²) in [6, 6.07) is 0. The maximum Gasteiger partial charge on any atom is -0.0168 e. The first kappa shape index (κ1) is 6.21. The van der Waals surface area contributed by atoms with E-state index in [4.69, 9.17) is 0 Å². The van der Waals surface area contributed by atoms with Gasteiger partial charge in [-0.3, -0.25) is 0 Å². The molecule has 0 aliphatic heterocycles. The van der Waals surface area contributed by atoms with Crippen molar-refractivity contribution in [3.05, 3.63) is 24.3 Å². The highest BCUT2D eigenvalue weighted by Gasteiger charge is 2.45. The molecule has 0 spiro atoms. The van der Waals surface area contributed by atoms with Crippen molar-refractivity contribution >= 4 is 0 Å². The summed E-state index contributed by atoms with van der Waals surface area (Å²) in [5, 5.41) is 0. The van der Waals surface area contributed by atoms with Crippen LogP contribution in [0.4, 0.5) is 0 Å². The van der Waals surface area contributed by atoms with Crippen molar-refractivity contribution in [1.29, 1.82) is 0 Å². The standard InChI is InChI=1S/C10H14/c1-10(2)8-5-3-4-6-9(10)7-8/h3-6,8-9H,7H2,1-2H3/t8-,9-/m1/s1. The minimum atomic E-state index is 0.545. The van der Waals surface area contributed by atoms with Gasteiger partial charge in [-0.05, 0) is 23.7 Å². The van der Waals surface area contributed by atoms with E-state index in [1.165, 1.54) is 6.42 Å². The Morgan fingerprint density at radius 3 is 2.00 bits per heavy atom. The second kappa shape index (κ2) is 1.75. The highest BCUT2D eigenvalue weighted by Crippen LogP contribution is 2.53. The molecule has 10 heavy (non-hydrogen) atoms. The molecule has 0 aromatic heterocycles. The molecule has 3 aliphatic carbocycles. The fourth-order valence-electron chi connectivity index (χ4n) is 2.05. The van der Waals surface area contributed by atoms with Gasteiger partial charge in [-0.2, -0.15) is 0 Å². The van der Waals surface area contributed by atoms with Crippen LogP contribution in [0.2, 0.25) is 0 Å². The minimum absolute atomic E-state index is 0.545. The SMILES string of the molecule is CC1(C)[C@@H]2C=CC=C[C@@H]1C2. The third-order valence-corrected chi connectivity index (χ3v) is 3.22. The maximum absolute atomic E-state index is 2.37. The molecule has 2 bridgehead atoms.